The molecule has 31 heavy (non-hydrogen) atoms. The standard InChI is InChI=1S/C23H22N4O3S/c1-4-30-21-14(8-7-10-17(21)29-3)15-12-19(28)25-22-20(15)13(2)26-27(22)23-24-16-9-5-6-11-18(16)31-23/h5-11,15H,4,12H2,1-3H3,(H,25,28)/t15-/m0/s1. The van der Waals surface area contributed by atoms with Gasteiger partial charge < -0.3 is 14.8 Å². The van der Waals surface area contributed by atoms with Gasteiger partial charge in [-0.3, -0.25) is 4.79 Å². The normalized spacial score (nSPS) is 15.6. The third-order valence-corrected chi connectivity index (χ3v) is 6.47. The molecule has 1 atom stereocenters. The van der Waals surface area contributed by atoms with Crippen molar-refractivity contribution in [3.05, 3.63) is 59.3 Å². The summed E-state index contributed by atoms with van der Waals surface area (Å²) in [6.07, 6.45) is 0.312. The number of aryl methyl sites for hydroxylation is 1. The number of carbonyl (C=O) groups excluding carboxylic acids is 1. The molecule has 0 spiro atoms. The molecule has 158 valence electrons. The van der Waals surface area contributed by atoms with Crippen LogP contribution in [0.5, 0.6) is 11.5 Å². The minimum Gasteiger partial charge on any atom is -0.493 e. The number of carbonyl (C=O) groups is 1. The minimum atomic E-state index is -0.191. The summed E-state index contributed by atoms with van der Waals surface area (Å²) in [7, 11) is 1.62. The zero-order valence-electron chi connectivity index (χ0n) is 17.5. The molecule has 1 N–H and O–H groups in total. The Labute approximate surface area is 183 Å². The van der Waals surface area contributed by atoms with Crippen molar-refractivity contribution in [2.24, 2.45) is 0 Å². The first kappa shape index (κ1) is 19.6. The number of para-hydroxylation sites is 2. The summed E-state index contributed by atoms with van der Waals surface area (Å²) >= 11 is 1.55. The SMILES string of the molecule is CCOc1c(OC)cccc1[C@@H]1CC(=O)Nc2c1c(C)nn2-c1nc2ccccc2s1. The summed E-state index contributed by atoms with van der Waals surface area (Å²) in [5.41, 5.74) is 3.66. The van der Waals surface area contributed by atoms with E-state index in [1.807, 2.05) is 56.3 Å². The van der Waals surface area contributed by atoms with Crippen molar-refractivity contribution >= 4 is 33.3 Å². The van der Waals surface area contributed by atoms with Gasteiger partial charge in [-0.25, -0.2) is 4.98 Å². The van der Waals surface area contributed by atoms with Gasteiger partial charge in [0.15, 0.2) is 11.5 Å². The third kappa shape index (κ3) is 3.23. The number of thiazole rings is 1. The lowest BCUT2D eigenvalue weighted by atomic mass is 9.85. The van der Waals surface area contributed by atoms with E-state index >= 15 is 0 Å². The Balaban J connectivity index is 1.68. The van der Waals surface area contributed by atoms with Crippen molar-refractivity contribution in [3.8, 4) is 16.6 Å². The number of hydrogen-bond donors (Lipinski definition) is 1. The molecule has 0 bridgehead atoms. The second-order valence-corrected chi connectivity index (χ2v) is 8.35. The Morgan fingerprint density at radius 3 is 2.84 bits per heavy atom. The monoisotopic (exact) mass is 434 g/mol. The Bertz CT molecular complexity index is 1260. The zero-order chi connectivity index (χ0) is 21.5. The molecule has 2 aromatic heterocycles. The lowest BCUT2D eigenvalue weighted by molar-refractivity contribution is -0.116. The van der Waals surface area contributed by atoms with E-state index in [0.717, 1.165) is 32.2 Å². The predicted molar refractivity (Wildman–Crippen MR) is 121 cm³/mol. The van der Waals surface area contributed by atoms with E-state index in [0.29, 0.717) is 30.3 Å². The summed E-state index contributed by atoms with van der Waals surface area (Å²) in [5.74, 6) is 1.74. The van der Waals surface area contributed by atoms with Gasteiger partial charge >= 0.3 is 0 Å². The average Bonchev–Trinajstić information content (AvgIpc) is 3.34. The number of anilines is 1. The van der Waals surface area contributed by atoms with Crippen molar-refractivity contribution < 1.29 is 14.3 Å². The Morgan fingerprint density at radius 2 is 2.06 bits per heavy atom. The van der Waals surface area contributed by atoms with Gasteiger partial charge in [-0.1, -0.05) is 35.6 Å². The van der Waals surface area contributed by atoms with Crippen LogP contribution in [0.4, 0.5) is 5.82 Å². The van der Waals surface area contributed by atoms with Crippen LogP contribution in [0.1, 0.15) is 36.1 Å². The van der Waals surface area contributed by atoms with E-state index < -0.39 is 0 Å². The molecule has 8 heteroatoms. The van der Waals surface area contributed by atoms with Crippen molar-refractivity contribution in [1.29, 1.82) is 0 Å². The molecule has 2 aromatic carbocycles. The lowest BCUT2D eigenvalue weighted by Crippen LogP contribution is -2.25. The number of nitrogens with one attached hydrogen (secondary N) is 1. The molecule has 0 aliphatic carbocycles. The zero-order valence-corrected chi connectivity index (χ0v) is 18.3. The second-order valence-electron chi connectivity index (χ2n) is 7.34. The summed E-state index contributed by atoms with van der Waals surface area (Å²) in [5, 5.41) is 8.52. The summed E-state index contributed by atoms with van der Waals surface area (Å²) in [6, 6.07) is 13.8. The lowest BCUT2D eigenvalue weighted by Gasteiger charge is -2.26. The van der Waals surface area contributed by atoms with Gasteiger partial charge in [-0.15, -0.1) is 0 Å². The Kier molecular flexibility index (Phi) is 4.86. The Hall–Kier alpha value is -3.39. The fourth-order valence-electron chi connectivity index (χ4n) is 4.17. The number of rotatable bonds is 5. The van der Waals surface area contributed by atoms with Gasteiger partial charge in [0.2, 0.25) is 11.0 Å². The molecule has 0 saturated heterocycles. The van der Waals surface area contributed by atoms with Crippen molar-refractivity contribution in [3.63, 3.8) is 0 Å². The van der Waals surface area contributed by atoms with Crippen molar-refractivity contribution in [2.75, 3.05) is 19.0 Å². The van der Waals surface area contributed by atoms with E-state index in [2.05, 4.69) is 5.32 Å². The van der Waals surface area contributed by atoms with Crippen LogP contribution >= 0.6 is 11.3 Å². The topological polar surface area (TPSA) is 78.3 Å². The average molecular weight is 435 g/mol. The van der Waals surface area contributed by atoms with E-state index in [4.69, 9.17) is 19.6 Å². The first-order valence-corrected chi connectivity index (χ1v) is 11.0. The summed E-state index contributed by atoms with van der Waals surface area (Å²) in [4.78, 5) is 17.5. The fourth-order valence-corrected chi connectivity index (χ4v) is 5.09. The quantitative estimate of drug-likeness (QED) is 0.494. The van der Waals surface area contributed by atoms with E-state index in [-0.39, 0.29) is 11.8 Å². The predicted octanol–water partition coefficient (Wildman–Crippen LogP) is 4.67. The van der Waals surface area contributed by atoms with Gasteiger partial charge in [0.1, 0.15) is 5.82 Å². The van der Waals surface area contributed by atoms with Gasteiger partial charge in [0.25, 0.3) is 0 Å². The first-order valence-electron chi connectivity index (χ1n) is 10.2. The number of nitrogens with zero attached hydrogens (tertiary/aromatic N) is 3. The van der Waals surface area contributed by atoms with Crippen LogP contribution in [0.15, 0.2) is 42.5 Å². The highest BCUT2D eigenvalue weighted by Crippen LogP contribution is 2.46. The smallest absolute Gasteiger partial charge is 0.226 e. The maximum absolute atomic E-state index is 12.8. The molecule has 4 aromatic rings. The molecular formula is C23H22N4O3S. The van der Waals surface area contributed by atoms with Crippen LogP contribution in [0, 0.1) is 6.92 Å². The number of fused-ring (bicyclic) bond motifs is 2. The third-order valence-electron chi connectivity index (χ3n) is 5.46. The van der Waals surface area contributed by atoms with Gasteiger partial charge in [0.05, 0.1) is 29.6 Å². The van der Waals surface area contributed by atoms with Crippen LogP contribution in [0.3, 0.4) is 0 Å². The molecule has 3 heterocycles. The molecule has 0 fully saturated rings. The number of benzene rings is 2. The number of ether oxygens (including phenoxy) is 2. The maximum Gasteiger partial charge on any atom is 0.226 e. The highest BCUT2D eigenvalue weighted by molar-refractivity contribution is 7.20. The number of methoxy groups -OCH3 is 1. The number of hydrogen-bond acceptors (Lipinski definition) is 6. The first-order chi connectivity index (χ1) is 15.1. The van der Waals surface area contributed by atoms with Gasteiger partial charge in [0, 0.05) is 23.5 Å². The molecule has 0 saturated carbocycles. The van der Waals surface area contributed by atoms with E-state index in [1.165, 1.54) is 0 Å². The van der Waals surface area contributed by atoms with Gasteiger partial charge in [-0.2, -0.15) is 9.78 Å². The largest absolute Gasteiger partial charge is 0.493 e. The minimum absolute atomic E-state index is 0.0648. The van der Waals surface area contributed by atoms with Crippen molar-refractivity contribution in [2.45, 2.75) is 26.2 Å². The molecule has 1 aliphatic heterocycles. The van der Waals surface area contributed by atoms with Crippen molar-refractivity contribution in [1.82, 2.24) is 14.8 Å². The highest BCUT2D eigenvalue weighted by atomic mass is 32.1. The van der Waals surface area contributed by atoms with Crippen LogP contribution in [0.25, 0.3) is 15.3 Å². The molecule has 1 amide bonds. The second kappa shape index (κ2) is 7.70. The molecule has 0 radical (unpaired) electrons. The summed E-state index contributed by atoms with van der Waals surface area (Å²) < 4.78 is 14.3. The highest BCUT2D eigenvalue weighted by Gasteiger charge is 2.35. The van der Waals surface area contributed by atoms with Gasteiger partial charge in [-0.05, 0) is 32.0 Å². The molecule has 1 aliphatic rings. The maximum atomic E-state index is 12.8. The number of amides is 1. The molecule has 5 rings (SSSR count). The van der Waals surface area contributed by atoms with E-state index in [1.54, 1.807) is 23.1 Å². The van der Waals surface area contributed by atoms with Crippen LogP contribution < -0.4 is 14.8 Å². The fraction of sp³-hybridized carbons (Fsp3) is 0.261. The van der Waals surface area contributed by atoms with Crippen LogP contribution in [-0.2, 0) is 4.79 Å². The molecule has 7 nitrogen and oxygen atoms in total. The van der Waals surface area contributed by atoms with Crippen LogP contribution in [-0.4, -0.2) is 34.4 Å². The number of aromatic nitrogens is 3. The molecular weight excluding hydrogens is 412 g/mol. The Morgan fingerprint density at radius 1 is 1.23 bits per heavy atom. The van der Waals surface area contributed by atoms with Crippen LogP contribution in [0.2, 0.25) is 0 Å². The van der Waals surface area contributed by atoms with E-state index in [9.17, 15) is 4.79 Å². The molecule has 0 unspecified atom stereocenters. The summed E-state index contributed by atoms with van der Waals surface area (Å²) in [6.45, 7) is 4.41.